The first-order valence-electron chi connectivity index (χ1n) is 16.0. The van der Waals surface area contributed by atoms with E-state index in [-0.39, 0.29) is 35.9 Å². The van der Waals surface area contributed by atoms with Crippen molar-refractivity contribution in [3.8, 4) is 0 Å². The highest BCUT2D eigenvalue weighted by atomic mass is 32.2. The van der Waals surface area contributed by atoms with Crippen LogP contribution in [-0.4, -0.2) is 39.6 Å². The maximum Gasteiger partial charge on any atom is 0.336 e. The molecule has 4 bridgehead atoms. The number of ether oxygens (including phenoxy) is 2. The van der Waals surface area contributed by atoms with Gasteiger partial charge in [0.1, 0.15) is 0 Å². The van der Waals surface area contributed by atoms with E-state index in [0.717, 1.165) is 53.7 Å². The van der Waals surface area contributed by atoms with Crippen LogP contribution in [-0.2, 0) is 16.1 Å². The molecular weight excluding hydrogens is 588 g/mol. The van der Waals surface area contributed by atoms with Crippen LogP contribution in [0.5, 0.6) is 0 Å². The summed E-state index contributed by atoms with van der Waals surface area (Å²) in [4.78, 5) is 25.7. The van der Waals surface area contributed by atoms with Gasteiger partial charge in [0.15, 0.2) is 6.29 Å². The van der Waals surface area contributed by atoms with E-state index in [4.69, 9.17) is 9.47 Å². The summed E-state index contributed by atoms with van der Waals surface area (Å²) in [6.45, 7) is -0.0317. The van der Waals surface area contributed by atoms with Crippen molar-refractivity contribution in [1.29, 1.82) is 0 Å². The minimum Gasteiger partial charge on any atom is -0.478 e. The fourth-order valence-electron chi connectivity index (χ4n) is 8.40. The lowest BCUT2D eigenvalue weighted by Crippen LogP contribution is -2.60. The zero-order valence-corrected chi connectivity index (χ0v) is 26.0. The zero-order valence-electron chi connectivity index (χ0n) is 25.2. The van der Waals surface area contributed by atoms with Gasteiger partial charge in [0.05, 0.1) is 24.4 Å². The molecule has 9 heteroatoms. The Kier molecular flexibility index (Phi) is 8.61. The molecule has 3 aromatic rings. The van der Waals surface area contributed by atoms with Crippen LogP contribution in [0.25, 0.3) is 0 Å². The highest BCUT2D eigenvalue weighted by Crippen LogP contribution is 2.55. The standard InChI is InChI=1S/C36H40N2O6S/c39-20-22-8-10-26(11-9-22)31-16-29(21-45-32-7-2-1-6-30(32)33(40)41)43-34(44-31)27-4-3-5-28(15-27)37-35(42)38-36-17-23-12-24(18-36)14-25(13-23)19-36/h1-11,15,23-25,29,31,34,39H,12-14,16-21H2,(H,40,41)(H2,37,38,42). The van der Waals surface area contributed by atoms with Crippen molar-refractivity contribution in [3.05, 3.63) is 95.1 Å². The third kappa shape index (κ3) is 6.77. The molecule has 0 aromatic heterocycles. The van der Waals surface area contributed by atoms with Crippen LogP contribution in [0.2, 0.25) is 0 Å². The van der Waals surface area contributed by atoms with Crippen LogP contribution in [0, 0.1) is 17.8 Å². The molecule has 4 N–H and O–H groups in total. The van der Waals surface area contributed by atoms with Crippen LogP contribution < -0.4 is 10.6 Å². The van der Waals surface area contributed by atoms with Crippen molar-refractivity contribution in [1.82, 2.24) is 5.32 Å². The van der Waals surface area contributed by atoms with Gasteiger partial charge in [-0.05, 0) is 91.7 Å². The van der Waals surface area contributed by atoms with E-state index in [2.05, 4.69) is 10.6 Å². The number of carboxylic acid groups (broad SMARTS) is 1. The Morgan fingerprint density at radius 2 is 1.56 bits per heavy atom. The Balaban J connectivity index is 1.07. The van der Waals surface area contributed by atoms with Crippen LogP contribution in [0.1, 0.15) is 84.4 Å². The molecule has 236 valence electrons. The van der Waals surface area contributed by atoms with Gasteiger partial charge in [-0.25, -0.2) is 9.59 Å². The third-order valence-electron chi connectivity index (χ3n) is 9.99. The number of hydrogen-bond donors (Lipinski definition) is 4. The highest BCUT2D eigenvalue weighted by Gasteiger charge is 2.51. The second kappa shape index (κ2) is 12.8. The van der Waals surface area contributed by atoms with Crippen molar-refractivity contribution in [2.24, 2.45) is 17.8 Å². The minimum atomic E-state index is -0.956. The largest absolute Gasteiger partial charge is 0.478 e. The molecule has 4 aliphatic carbocycles. The number of thioether (sulfide) groups is 1. The SMILES string of the molecule is O=C(Nc1cccc(C2OC(CSc3ccccc3C(=O)O)CC(c3ccc(CO)cc3)O2)c1)NC12CC3CC(CC(C3)C1)C2. The van der Waals surface area contributed by atoms with E-state index in [1.54, 1.807) is 12.1 Å². The monoisotopic (exact) mass is 628 g/mol. The summed E-state index contributed by atoms with van der Waals surface area (Å²) < 4.78 is 13.0. The fourth-order valence-corrected chi connectivity index (χ4v) is 9.47. The molecule has 1 aliphatic heterocycles. The molecule has 3 aromatic carbocycles. The van der Waals surface area contributed by atoms with Gasteiger partial charge in [0.25, 0.3) is 0 Å². The van der Waals surface area contributed by atoms with Crippen molar-refractivity contribution in [2.45, 2.75) is 80.5 Å². The summed E-state index contributed by atoms with van der Waals surface area (Å²) in [7, 11) is 0. The Hall–Kier alpha value is -3.37. The third-order valence-corrected chi connectivity index (χ3v) is 11.2. The van der Waals surface area contributed by atoms with Crippen molar-refractivity contribution in [2.75, 3.05) is 11.1 Å². The first kappa shape index (κ1) is 30.3. The number of amides is 2. The van der Waals surface area contributed by atoms with E-state index in [1.165, 1.54) is 31.0 Å². The maximum absolute atomic E-state index is 13.3. The van der Waals surface area contributed by atoms with Crippen LogP contribution >= 0.6 is 11.8 Å². The van der Waals surface area contributed by atoms with Crippen LogP contribution in [0.15, 0.2) is 77.7 Å². The number of benzene rings is 3. The predicted molar refractivity (Wildman–Crippen MR) is 172 cm³/mol. The quantitative estimate of drug-likeness (QED) is 0.184. The summed E-state index contributed by atoms with van der Waals surface area (Å²) >= 11 is 1.46. The Morgan fingerprint density at radius 1 is 0.844 bits per heavy atom. The number of anilines is 1. The fraction of sp³-hybridized carbons (Fsp3) is 0.444. The van der Waals surface area contributed by atoms with Crippen LogP contribution in [0.3, 0.4) is 0 Å². The lowest BCUT2D eigenvalue weighted by atomic mass is 9.53. The van der Waals surface area contributed by atoms with Gasteiger partial charge >= 0.3 is 12.0 Å². The smallest absolute Gasteiger partial charge is 0.336 e. The summed E-state index contributed by atoms with van der Waals surface area (Å²) in [5.74, 6) is 1.83. The Morgan fingerprint density at radius 3 is 2.24 bits per heavy atom. The molecule has 0 radical (unpaired) electrons. The van der Waals surface area contributed by atoms with Crippen molar-refractivity contribution in [3.63, 3.8) is 0 Å². The minimum absolute atomic E-state index is 0.0317. The van der Waals surface area contributed by atoms with E-state index < -0.39 is 12.3 Å². The molecule has 8 nitrogen and oxygen atoms in total. The van der Waals surface area contributed by atoms with Gasteiger partial charge < -0.3 is 30.3 Å². The molecular formula is C36H40N2O6S. The van der Waals surface area contributed by atoms with Gasteiger partial charge in [0, 0.05) is 33.9 Å². The zero-order chi connectivity index (χ0) is 31.0. The number of carbonyl (C=O) groups excluding carboxylic acids is 1. The number of nitrogens with one attached hydrogen (secondary N) is 2. The molecule has 4 saturated carbocycles. The second-order valence-electron chi connectivity index (χ2n) is 13.4. The Bertz CT molecular complexity index is 1510. The number of carboxylic acids is 1. The Labute approximate surface area is 267 Å². The molecule has 0 spiro atoms. The maximum atomic E-state index is 13.3. The summed E-state index contributed by atoms with van der Waals surface area (Å²) in [6.07, 6.45) is 6.64. The molecule has 3 atom stereocenters. The number of urea groups is 1. The highest BCUT2D eigenvalue weighted by molar-refractivity contribution is 7.99. The lowest BCUT2D eigenvalue weighted by Gasteiger charge is -2.56. The molecule has 1 heterocycles. The normalized spacial score (nSPS) is 30.2. The number of aliphatic hydroxyl groups is 1. The van der Waals surface area contributed by atoms with Crippen molar-refractivity contribution >= 4 is 29.4 Å². The summed E-state index contributed by atoms with van der Waals surface area (Å²) in [6, 6.07) is 22.2. The van der Waals surface area contributed by atoms with E-state index in [1.807, 2.05) is 60.7 Å². The number of aliphatic hydroxyl groups excluding tert-OH is 1. The predicted octanol–water partition coefficient (Wildman–Crippen LogP) is 7.31. The van der Waals surface area contributed by atoms with E-state index >= 15 is 0 Å². The molecule has 8 rings (SSSR count). The van der Waals surface area contributed by atoms with E-state index in [9.17, 15) is 19.8 Å². The van der Waals surface area contributed by atoms with Crippen molar-refractivity contribution < 1.29 is 29.3 Å². The average Bonchev–Trinajstić information content (AvgIpc) is 3.03. The van der Waals surface area contributed by atoms with Gasteiger partial charge in [-0.3, -0.25) is 0 Å². The number of aromatic carboxylic acids is 1. The lowest BCUT2D eigenvalue weighted by molar-refractivity contribution is -0.245. The summed E-state index contributed by atoms with van der Waals surface area (Å²) in [5.41, 5.74) is 3.47. The first-order chi connectivity index (χ1) is 21.8. The van der Waals surface area contributed by atoms with Gasteiger partial charge in [-0.2, -0.15) is 0 Å². The second-order valence-corrected chi connectivity index (χ2v) is 14.4. The molecule has 3 unspecified atom stereocenters. The van der Waals surface area contributed by atoms with Gasteiger partial charge in [0.2, 0.25) is 0 Å². The molecule has 2 amide bonds. The first-order valence-corrected chi connectivity index (χ1v) is 17.0. The molecule has 5 aliphatic rings. The van der Waals surface area contributed by atoms with E-state index in [0.29, 0.717) is 22.8 Å². The molecule has 45 heavy (non-hydrogen) atoms. The molecule has 1 saturated heterocycles. The van der Waals surface area contributed by atoms with Gasteiger partial charge in [-0.1, -0.05) is 48.5 Å². The number of hydrogen-bond acceptors (Lipinski definition) is 6. The number of rotatable bonds is 9. The average molecular weight is 629 g/mol. The molecule has 5 fully saturated rings. The number of carbonyl (C=O) groups is 2. The van der Waals surface area contributed by atoms with Gasteiger partial charge in [-0.15, -0.1) is 11.8 Å². The summed E-state index contributed by atoms with van der Waals surface area (Å²) in [5, 5.41) is 25.6. The van der Waals surface area contributed by atoms with Crippen LogP contribution in [0.4, 0.5) is 10.5 Å². The topological polar surface area (TPSA) is 117 Å².